The minimum Gasteiger partial charge on any atom is -0.748 e. The molecule has 194 valence electrons. The topological polar surface area (TPSA) is 172 Å². The third-order valence-corrected chi connectivity index (χ3v) is 10.1. The second-order valence-corrected chi connectivity index (χ2v) is 14.1. The summed E-state index contributed by atoms with van der Waals surface area (Å²) in [7, 11) is -12.6. The summed E-state index contributed by atoms with van der Waals surface area (Å²) in [5.74, 6) is 1.60. The van der Waals surface area contributed by atoms with Crippen molar-refractivity contribution in [3.05, 3.63) is 60.2 Å². The van der Waals surface area contributed by atoms with Gasteiger partial charge in [0.05, 0.1) is 14.5 Å². The summed E-state index contributed by atoms with van der Waals surface area (Å²) < 4.78 is 95.1. The van der Waals surface area contributed by atoms with E-state index in [0.717, 1.165) is 5.56 Å². The lowest BCUT2D eigenvalue weighted by atomic mass is 9.56. The van der Waals surface area contributed by atoms with Gasteiger partial charge in [0.15, 0.2) is 0 Å². The molecule has 4 aliphatic rings. The van der Waals surface area contributed by atoms with Crippen LogP contribution in [0.5, 0.6) is 0 Å². The van der Waals surface area contributed by atoms with Crippen LogP contribution in [0.4, 0.5) is 0 Å². The zero-order chi connectivity index (χ0) is 26.1. The van der Waals surface area contributed by atoms with Crippen LogP contribution in [0.15, 0.2) is 64.4 Å². The Balaban J connectivity index is 0.000000150. The first-order chi connectivity index (χ1) is 16.1. The van der Waals surface area contributed by atoms with Crippen LogP contribution in [-0.2, 0) is 30.4 Å². The predicted octanol–water partition coefficient (Wildman–Crippen LogP) is 2.99. The van der Waals surface area contributed by atoms with Crippen molar-refractivity contribution in [1.29, 1.82) is 0 Å². The van der Waals surface area contributed by atoms with Crippen LogP contribution < -0.4 is 0 Å². The van der Waals surface area contributed by atoms with E-state index in [1.165, 1.54) is 55.7 Å². The molecule has 12 heteroatoms. The Kier molecular flexibility index (Phi) is 8.14. The third-order valence-electron chi connectivity index (χ3n) is 6.85. The van der Waals surface area contributed by atoms with Crippen LogP contribution in [0.1, 0.15) is 44.1 Å². The lowest BCUT2D eigenvalue weighted by molar-refractivity contribution is 0.0299. The highest BCUT2D eigenvalue weighted by Crippen LogP contribution is 2.58. The zero-order valence-electron chi connectivity index (χ0n) is 19.1. The van der Waals surface area contributed by atoms with Crippen LogP contribution in [0.25, 0.3) is 0 Å². The fourth-order valence-electron chi connectivity index (χ4n) is 5.63. The Morgan fingerprint density at radius 2 is 1.00 bits per heavy atom. The van der Waals surface area contributed by atoms with E-state index in [1.54, 1.807) is 18.2 Å². The minimum atomic E-state index is -4.27. The molecule has 4 bridgehead atoms. The smallest absolute Gasteiger partial charge is 0.124 e. The molecule has 0 N–H and O–H groups in total. The molecule has 0 aromatic heterocycles. The van der Waals surface area contributed by atoms with Gasteiger partial charge in [0.25, 0.3) is 0 Å². The molecule has 6 rings (SSSR count). The van der Waals surface area contributed by atoms with Crippen molar-refractivity contribution in [3.8, 4) is 0 Å². The molecule has 0 saturated heterocycles. The molecule has 0 aliphatic heterocycles. The van der Waals surface area contributed by atoms with Crippen LogP contribution in [-0.4, -0.2) is 43.7 Å². The summed E-state index contributed by atoms with van der Waals surface area (Å²) in [4.78, 5) is -0.363. The Bertz CT molecular complexity index is 1300. The molecule has 2 aromatic carbocycles. The van der Waals surface area contributed by atoms with Crippen molar-refractivity contribution in [2.75, 3.05) is 0 Å². The lowest BCUT2D eigenvalue weighted by Gasteiger charge is -2.57. The van der Waals surface area contributed by atoms with Crippen LogP contribution in [0.3, 0.4) is 0 Å². The van der Waals surface area contributed by atoms with E-state index in [4.69, 9.17) is 0 Å². The average Bonchev–Trinajstić information content (AvgIpc) is 2.73. The summed E-state index contributed by atoms with van der Waals surface area (Å²) in [5.41, 5.74) is 0.928. The molecule has 0 atom stereocenters. The molecule has 0 amide bonds. The van der Waals surface area contributed by atoms with Gasteiger partial charge in [-0.2, -0.15) is 0 Å². The van der Waals surface area contributed by atoms with Gasteiger partial charge in [-0.3, -0.25) is 0 Å². The Labute approximate surface area is 206 Å². The monoisotopic (exact) mass is 543 g/mol. The molecule has 35 heavy (non-hydrogen) atoms. The van der Waals surface area contributed by atoms with Crippen LogP contribution in [0.2, 0.25) is 0 Å². The molecule has 4 aliphatic carbocycles. The summed E-state index contributed by atoms with van der Waals surface area (Å²) in [5, 5.41) is 0. The standard InChI is InChI=1S/C10H16O3S.C7H8O3S.C6H6O3S/c11-14(12,13)10-4-7-1-8(5-10)3-9(2-7)6-10;1-6-2-4-7(5-3-6)11(8,9)10;7-10(8,9)6-4-2-1-3-5-6/h7-9H,1-6H2,(H,11,12,13);2-5H,1H3,(H,8,9,10);1-5H,(H,7,8,9)/p-3. The molecule has 0 heterocycles. The largest absolute Gasteiger partial charge is 0.748 e. The Hall–Kier alpha value is -1.83. The Morgan fingerprint density at radius 3 is 1.31 bits per heavy atom. The van der Waals surface area contributed by atoms with Crippen molar-refractivity contribution in [3.63, 3.8) is 0 Å². The number of aryl methyl sites for hydroxylation is 1. The van der Waals surface area contributed by atoms with Gasteiger partial charge in [0.1, 0.15) is 30.4 Å². The normalized spacial score (nSPS) is 27.3. The fraction of sp³-hybridized carbons (Fsp3) is 0.478. The molecule has 4 saturated carbocycles. The van der Waals surface area contributed by atoms with Gasteiger partial charge in [0, 0.05) is 0 Å². The van der Waals surface area contributed by atoms with Crippen molar-refractivity contribution in [1.82, 2.24) is 0 Å². The van der Waals surface area contributed by atoms with E-state index < -0.39 is 35.1 Å². The number of hydrogen-bond donors (Lipinski definition) is 0. The highest BCUT2D eigenvalue weighted by molar-refractivity contribution is 7.87. The first-order valence-electron chi connectivity index (χ1n) is 11.1. The number of benzene rings is 2. The van der Waals surface area contributed by atoms with E-state index >= 15 is 0 Å². The zero-order valence-corrected chi connectivity index (χ0v) is 21.5. The Morgan fingerprint density at radius 1 is 0.629 bits per heavy atom. The molecule has 0 spiro atoms. The summed E-state index contributed by atoms with van der Waals surface area (Å²) in [6.07, 6.45) is 5.50. The van der Waals surface area contributed by atoms with Gasteiger partial charge in [-0.25, -0.2) is 25.3 Å². The van der Waals surface area contributed by atoms with Crippen molar-refractivity contribution in [2.45, 2.75) is 60.0 Å². The molecular formula is C23H27O9S3-3. The average molecular weight is 544 g/mol. The molecule has 2 aromatic rings. The van der Waals surface area contributed by atoms with Gasteiger partial charge in [-0.1, -0.05) is 35.9 Å². The van der Waals surface area contributed by atoms with E-state index in [-0.39, 0.29) is 9.79 Å². The first-order valence-corrected chi connectivity index (χ1v) is 15.3. The quantitative estimate of drug-likeness (QED) is 0.527. The highest BCUT2D eigenvalue weighted by atomic mass is 32.2. The molecule has 9 nitrogen and oxygen atoms in total. The van der Waals surface area contributed by atoms with Gasteiger partial charge in [0.2, 0.25) is 0 Å². The maximum atomic E-state index is 11.3. The van der Waals surface area contributed by atoms with Gasteiger partial charge in [-0.05, 0) is 87.5 Å². The molecular weight excluding hydrogens is 516 g/mol. The van der Waals surface area contributed by atoms with E-state index in [9.17, 15) is 38.9 Å². The van der Waals surface area contributed by atoms with E-state index in [0.29, 0.717) is 37.0 Å². The fourth-order valence-corrected chi connectivity index (χ4v) is 7.91. The van der Waals surface area contributed by atoms with Gasteiger partial charge < -0.3 is 13.7 Å². The summed E-state index contributed by atoms with van der Waals surface area (Å²) in [6.45, 7) is 1.82. The minimum absolute atomic E-state index is 0.178. The molecule has 0 unspecified atom stereocenters. The first kappa shape index (κ1) is 27.8. The number of rotatable bonds is 3. The van der Waals surface area contributed by atoms with Crippen LogP contribution >= 0.6 is 0 Å². The van der Waals surface area contributed by atoms with Crippen LogP contribution in [0, 0.1) is 24.7 Å². The van der Waals surface area contributed by atoms with Crippen molar-refractivity contribution < 1.29 is 38.9 Å². The van der Waals surface area contributed by atoms with Crippen molar-refractivity contribution in [2.24, 2.45) is 17.8 Å². The van der Waals surface area contributed by atoms with Gasteiger partial charge >= 0.3 is 0 Å². The summed E-state index contributed by atoms with van der Waals surface area (Å²) in [6, 6.07) is 13.0. The maximum Gasteiger partial charge on any atom is 0.124 e. The van der Waals surface area contributed by atoms with E-state index in [1.807, 2.05) is 6.92 Å². The third kappa shape index (κ3) is 7.11. The molecule has 4 fully saturated rings. The summed E-state index contributed by atoms with van der Waals surface area (Å²) >= 11 is 0. The van der Waals surface area contributed by atoms with E-state index in [2.05, 4.69) is 0 Å². The maximum absolute atomic E-state index is 11.3. The highest BCUT2D eigenvalue weighted by Gasteiger charge is 2.54. The molecule has 0 radical (unpaired) electrons. The van der Waals surface area contributed by atoms with Crippen molar-refractivity contribution >= 4 is 30.4 Å². The lowest BCUT2D eigenvalue weighted by Crippen LogP contribution is -2.54. The second-order valence-electron chi connectivity index (χ2n) is 9.59. The predicted molar refractivity (Wildman–Crippen MR) is 124 cm³/mol. The SMILES string of the molecule is Cc1ccc(S(=O)(=O)[O-])cc1.O=S(=O)([O-])C12CC3CC(CC(C3)C1)C2.O=S(=O)([O-])c1ccccc1. The second kappa shape index (κ2) is 10.3. The van der Waals surface area contributed by atoms with Gasteiger partial charge in [-0.15, -0.1) is 0 Å². The number of hydrogen-bond acceptors (Lipinski definition) is 9.